The van der Waals surface area contributed by atoms with E-state index in [2.05, 4.69) is 17.1 Å². The Morgan fingerprint density at radius 1 is 1.05 bits per heavy atom. The van der Waals surface area contributed by atoms with E-state index in [1.54, 1.807) is 6.07 Å². The van der Waals surface area contributed by atoms with Crippen LogP contribution in [-0.4, -0.2) is 25.2 Å². The van der Waals surface area contributed by atoms with Crippen LogP contribution in [0, 0.1) is 0 Å². The van der Waals surface area contributed by atoms with Gasteiger partial charge in [0, 0.05) is 6.07 Å². The zero-order chi connectivity index (χ0) is 14.8. The lowest BCUT2D eigenvalue weighted by Gasteiger charge is -2.09. The Balaban J connectivity index is 2.10. The number of hydrogen-bond acceptors (Lipinski definition) is 4. The Bertz CT molecular complexity index is 747. The van der Waals surface area contributed by atoms with Crippen molar-refractivity contribution in [3.8, 4) is 17.2 Å². The maximum atomic E-state index is 10.4. The van der Waals surface area contributed by atoms with Crippen LogP contribution in [0.1, 0.15) is 25.3 Å². The molecule has 0 saturated carbocycles. The van der Waals surface area contributed by atoms with Gasteiger partial charge in [0.2, 0.25) is 0 Å². The number of fused-ring (bicyclic) bond motifs is 1. The number of phenolic OH excluding ortho intramolecular Hbond substituents is 2. The molecule has 1 aromatic heterocycles. The molecule has 21 heavy (non-hydrogen) atoms. The third-order valence-corrected chi connectivity index (χ3v) is 3.46. The predicted molar refractivity (Wildman–Crippen MR) is 80.8 cm³/mol. The Kier molecular flexibility index (Phi) is 3.48. The second-order valence-corrected chi connectivity index (χ2v) is 5.05. The third-order valence-electron chi connectivity index (χ3n) is 3.46. The summed E-state index contributed by atoms with van der Waals surface area (Å²) in [6.45, 7) is 2.09. The van der Waals surface area contributed by atoms with Crippen molar-refractivity contribution >= 4 is 11.0 Å². The monoisotopic (exact) mass is 283 g/mol. The molecule has 1 heterocycles. The van der Waals surface area contributed by atoms with Gasteiger partial charge in [0.15, 0.2) is 0 Å². The number of rotatable bonds is 4. The molecular formula is C16H17N3O2. The van der Waals surface area contributed by atoms with Crippen molar-refractivity contribution in [1.29, 1.82) is 0 Å². The molecule has 0 radical (unpaired) electrons. The van der Waals surface area contributed by atoms with E-state index in [-0.39, 0.29) is 11.5 Å². The van der Waals surface area contributed by atoms with Crippen LogP contribution in [0.3, 0.4) is 0 Å². The molecule has 5 nitrogen and oxygen atoms in total. The van der Waals surface area contributed by atoms with Gasteiger partial charge in [-0.1, -0.05) is 25.5 Å². The first-order valence-electron chi connectivity index (χ1n) is 7.06. The molecule has 0 saturated heterocycles. The van der Waals surface area contributed by atoms with Crippen molar-refractivity contribution in [3.63, 3.8) is 0 Å². The van der Waals surface area contributed by atoms with Crippen LogP contribution in [0.5, 0.6) is 11.5 Å². The molecule has 108 valence electrons. The molecule has 2 N–H and O–H groups in total. The highest BCUT2D eigenvalue weighted by Gasteiger charge is 2.14. The van der Waals surface area contributed by atoms with Crippen LogP contribution in [0.25, 0.3) is 16.7 Å². The SMILES string of the molecule is CCCCc1cc(O)cc(-n2nc3ccccc3n2)c1O. The summed E-state index contributed by atoms with van der Waals surface area (Å²) in [7, 11) is 0. The van der Waals surface area contributed by atoms with Crippen LogP contribution in [-0.2, 0) is 6.42 Å². The van der Waals surface area contributed by atoms with Gasteiger partial charge < -0.3 is 10.2 Å². The van der Waals surface area contributed by atoms with Crippen LogP contribution in [0.4, 0.5) is 0 Å². The zero-order valence-corrected chi connectivity index (χ0v) is 11.8. The van der Waals surface area contributed by atoms with E-state index in [1.807, 2.05) is 24.3 Å². The average Bonchev–Trinajstić information content (AvgIpc) is 2.91. The van der Waals surface area contributed by atoms with E-state index in [0.29, 0.717) is 17.7 Å². The summed E-state index contributed by atoms with van der Waals surface area (Å²) in [5.41, 5.74) is 2.61. The van der Waals surface area contributed by atoms with Crippen LogP contribution in [0.15, 0.2) is 36.4 Å². The van der Waals surface area contributed by atoms with E-state index in [1.165, 1.54) is 10.9 Å². The van der Waals surface area contributed by atoms with Gasteiger partial charge >= 0.3 is 0 Å². The largest absolute Gasteiger partial charge is 0.508 e. The number of unbranched alkanes of at least 4 members (excludes halogenated alkanes) is 1. The molecule has 0 amide bonds. The van der Waals surface area contributed by atoms with Gasteiger partial charge in [-0.05, 0) is 36.6 Å². The number of nitrogens with zero attached hydrogens (tertiary/aromatic N) is 3. The lowest BCUT2D eigenvalue weighted by Crippen LogP contribution is -2.01. The highest BCUT2D eigenvalue weighted by molar-refractivity contribution is 5.73. The molecule has 0 aliphatic heterocycles. The van der Waals surface area contributed by atoms with Gasteiger partial charge in [-0.15, -0.1) is 15.0 Å². The molecule has 0 aliphatic rings. The van der Waals surface area contributed by atoms with Crippen LogP contribution < -0.4 is 0 Å². The fourth-order valence-electron chi connectivity index (χ4n) is 2.34. The van der Waals surface area contributed by atoms with Crippen molar-refractivity contribution in [2.24, 2.45) is 0 Å². The van der Waals surface area contributed by atoms with Crippen molar-refractivity contribution in [2.45, 2.75) is 26.2 Å². The molecule has 0 aliphatic carbocycles. The minimum Gasteiger partial charge on any atom is -0.508 e. The van der Waals surface area contributed by atoms with Gasteiger partial charge in [-0.2, -0.15) is 0 Å². The van der Waals surface area contributed by atoms with Crippen molar-refractivity contribution in [3.05, 3.63) is 42.0 Å². The number of benzene rings is 2. The molecule has 0 atom stereocenters. The van der Waals surface area contributed by atoms with Gasteiger partial charge in [-0.3, -0.25) is 0 Å². The topological polar surface area (TPSA) is 71.2 Å². The summed E-state index contributed by atoms with van der Waals surface area (Å²) < 4.78 is 0. The number of hydrogen-bond donors (Lipinski definition) is 2. The second kappa shape index (κ2) is 5.44. The predicted octanol–water partition coefficient (Wildman–Crippen LogP) is 3.17. The summed E-state index contributed by atoms with van der Waals surface area (Å²) in [6, 6.07) is 10.6. The zero-order valence-electron chi connectivity index (χ0n) is 11.8. The number of aromatic hydroxyl groups is 2. The minimum absolute atomic E-state index is 0.107. The fourth-order valence-corrected chi connectivity index (χ4v) is 2.34. The van der Waals surface area contributed by atoms with Gasteiger partial charge in [-0.25, -0.2) is 0 Å². The lowest BCUT2D eigenvalue weighted by atomic mass is 10.1. The van der Waals surface area contributed by atoms with Crippen LogP contribution in [0.2, 0.25) is 0 Å². The van der Waals surface area contributed by atoms with E-state index in [4.69, 9.17) is 0 Å². The highest BCUT2D eigenvalue weighted by atomic mass is 16.3. The number of aryl methyl sites for hydroxylation is 1. The van der Waals surface area contributed by atoms with Gasteiger partial charge in [0.05, 0.1) is 0 Å². The van der Waals surface area contributed by atoms with Crippen molar-refractivity contribution < 1.29 is 10.2 Å². The fraction of sp³-hybridized carbons (Fsp3) is 0.250. The van der Waals surface area contributed by atoms with E-state index in [9.17, 15) is 10.2 Å². The molecule has 2 aromatic carbocycles. The molecule has 0 bridgehead atoms. The lowest BCUT2D eigenvalue weighted by molar-refractivity contribution is 0.446. The van der Waals surface area contributed by atoms with E-state index >= 15 is 0 Å². The normalized spacial score (nSPS) is 11.1. The first kappa shape index (κ1) is 13.4. The Hall–Kier alpha value is -2.56. The summed E-state index contributed by atoms with van der Waals surface area (Å²) >= 11 is 0. The average molecular weight is 283 g/mol. The molecule has 0 fully saturated rings. The van der Waals surface area contributed by atoms with E-state index in [0.717, 1.165) is 23.9 Å². The number of phenols is 2. The summed E-state index contributed by atoms with van der Waals surface area (Å²) in [5, 5.41) is 29.0. The molecular weight excluding hydrogens is 266 g/mol. The molecule has 3 aromatic rings. The Morgan fingerprint density at radius 3 is 2.33 bits per heavy atom. The highest BCUT2D eigenvalue weighted by Crippen LogP contribution is 2.31. The Labute approximate surface area is 122 Å². The summed E-state index contributed by atoms with van der Waals surface area (Å²) in [6.07, 6.45) is 2.68. The van der Waals surface area contributed by atoms with Gasteiger partial charge in [0.1, 0.15) is 28.2 Å². The standard InChI is InChI=1S/C16H17N3O2/c1-2-3-6-11-9-12(20)10-15(16(11)21)19-17-13-7-4-5-8-14(13)18-19/h4-5,7-10,20-21H,2-3,6H2,1H3. The quantitative estimate of drug-likeness (QED) is 0.721. The van der Waals surface area contributed by atoms with E-state index < -0.39 is 0 Å². The molecule has 0 unspecified atom stereocenters. The maximum absolute atomic E-state index is 10.4. The van der Waals surface area contributed by atoms with Crippen molar-refractivity contribution in [1.82, 2.24) is 15.0 Å². The maximum Gasteiger partial charge on any atom is 0.146 e. The minimum atomic E-state index is 0.107. The molecule has 3 rings (SSSR count). The number of aromatic nitrogens is 3. The van der Waals surface area contributed by atoms with Gasteiger partial charge in [0.25, 0.3) is 0 Å². The summed E-state index contributed by atoms with van der Waals surface area (Å²) in [4.78, 5) is 1.37. The third kappa shape index (κ3) is 2.54. The smallest absolute Gasteiger partial charge is 0.146 e. The second-order valence-electron chi connectivity index (χ2n) is 5.05. The first-order valence-corrected chi connectivity index (χ1v) is 7.06. The molecule has 0 spiro atoms. The molecule has 5 heteroatoms. The first-order chi connectivity index (χ1) is 10.2. The Morgan fingerprint density at radius 2 is 1.71 bits per heavy atom. The van der Waals surface area contributed by atoms with Crippen molar-refractivity contribution in [2.75, 3.05) is 0 Å². The van der Waals surface area contributed by atoms with Crippen LogP contribution >= 0.6 is 0 Å². The summed E-state index contributed by atoms with van der Waals surface area (Å²) in [5.74, 6) is 0.233.